The van der Waals surface area contributed by atoms with E-state index in [2.05, 4.69) is 10.6 Å². The van der Waals surface area contributed by atoms with E-state index in [0.29, 0.717) is 13.2 Å². The number of ether oxygens (including phenoxy) is 2. The number of hydrogen-bond acceptors (Lipinski definition) is 8. The lowest BCUT2D eigenvalue weighted by atomic mass is 9.69. The number of carbonyl (C=O) groups is 4. The first-order valence-electron chi connectivity index (χ1n) is 11.1. The summed E-state index contributed by atoms with van der Waals surface area (Å²) in [6.45, 7) is 14.6. The molecule has 10 nitrogen and oxygen atoms in total. The third-order valence-electron chi connectivity index (χ3n) is 5.47. The number of ketones is 2. The second-order valence-electron chi connectivity index (χ2n) is 10.7. The summed E-state index contributed by atoms with van der Waals surface area (Å²) in [6.07, 6.45) is 0.223. The lowest BCUT2D eigenvalue weighted by Gasteiger charge is -2.37. The van der Waals surface area contributed by atoms with Gasteiger partial charge >= 0.3 is 5.97 Å². The normalized spacial score (nSPS) is 13.1. The van der Waals surface area contributed by atoms with Gasteiger partial charge in [-0.3, -0.25) is 24.5 Å². The zero-order valence-corrected chi connectivity index (χ0v) is 21.4. The highest BCUT2D eigenvalue weighted by Gasteiger charge is 2.44. The van der Waals surface area contributed by atoms with Crippen molar-refractivity contribution < 1.29 is 33.8 Å². The highest BCUT2D eigenvalue weighted by atomic mass is 16.5. The Morgan fingerprint density at radius 1 is 0.788 bits per heavy atom. The Balaban J connectivity index is 4.29. The van der Waals surface area contributed by atoms with Crippen LogP contribution in [0.4, 0.5) is 0 Å². The zero-order valence-electron chi connectivity index (χ0n) is 21.4. The summed E-state index contributed by atoms with van der Waals surface area (Å²) in [5.74, 6) is -1.76. The molecule has 0 aliphatic heterocycles. The number of hydrogen-bond donors (Lipinski definition) is 4. The van der Waals surface area contributed by atoms with Gasteiger partial charge in [-0.1, -0.05) is 13.8 Å². The topological polar surface area (TPSA) is 157 Å². The molecule has 0 aromatic carbocycles. The molecule has 0 heterocycles. The summed E-state index contributed by atoms with van der Waals surface area (Å²) in [6, 6.07) is 0. The summed E-state index contributed by atoms with van der Waals surface area (Å²) in [5.41, 5.74) is 1.47. The molecule has 0 saturated heterocycles. The average Bonchev–Trinajstić information content (AvgIpc) is 2.66. The molecule has 5 N–H and O–H groups in total. The largest absolute Gasteiger partial charge is 0.481 e. The van der Waals surface area contributed by atoms with E-state index in [1.165, 1.54) is 0 Å². The number of nitrogens with one attached hydrogen (secondary N) is 2. The number of rotatable bonds is 18. The molecule has 0 saturated carbocycles. The fourth-order valence-electron chi connectivity index (χ4n) is 3.59. The van der Waals surface area contributed by atoms with Crippen LogP contribution in [0.25, 0.3) is 0 Å². The molecule has 0 aliphatic rings. The van der Waals surface area contributed by atoms with Crippen LogP contribution in [0.5, 0.6) is 0 Å². The maximum absolute atomic E-state index is 13.0. The third kappa shape index (κ3) is 11.2. The molecule has 0 aliphatic carbocycles. The van der Waals surface area contributed by atoms with Crippen LogP contribution in [-0.2, 0) is 28.7 Å². The van der Waals surface area contributed by atoms with Crippen LogP contribution in [0.15, 0.2) is 0 Å². The van der Waals surface area contributed by atoms with Crippen LogP contribution in [0, 0.1) is 10.8 Å². The van der Waals surface area contributed by atoms with Gasteiger partial charge in [0.15, 0.2) is 11.6 Å². The van der Waals surface area contributed by atoms with Gasteiger partial charge in [0, 0.05) is 12.0 Å². The van der Waals surface area contributed by atoms with Crippen molar-refractivity contribution in [3.05, 3.63) is 0 Å². The standard InChI is InChI=1S/C23H43N3O7/c1-20(2,15-21(3,4)19(30)31)18(29)23(7,8)25-9-10-32-11-12-33-14-16(27)22(5,6)26-13-17(24)28/h25-26H,9-15H2,1-8H3,(H2,24,28)(H,30,31). The van der Waals surface area contributed by atoms with E-state index in [9.17, 15) is 24.3 Å². The van der Waals surface area contributed by atoms with E-state index in [4.69, 9.17) is 15.2 Å². The number of Topliss-reactive ketones (excluding diaryl/α,β-unsaturated/α-hetero) is 2. The van der Waals surface area contributed by atoms with Gasteiger partial charge in [0.05, 0.1) is 42.9 Å². The van der Waals surface area contributed by atoms with Gasteiger partial charge in [-0.05, 0) is 48.0 Å². The van der Waals surface area contributed by atoms with Crippen LogP contribution in [0.1, 0.15) is 61.8 Å². The van der Waals surface area contributed by atoms with Crippen LogP contribution < -0.4 is 16.4 Å². The van der Waals surface area contributed by atoms with Gasteiger partial charge in [-0.15, -0.1) is 0 Å². The summed E-state index contributed by atoms with van der Waals surface area (Å²) in [4.78, 5) is 47.5. The first-order chi connectivity index (χ1) is 14.8. The lowest BCUT2D eigenvalue weighted by molar-refractivity contribution is -0.150. The quantitative estimate of drug-likeness (QED) is 0.212. The molecule has 0 spiro atoms. The zero-order chi connectivity index (χ0) is 26.1. The average molecular weight is 474 g/mol. The molecular weight excluding hydrogens is 430 g/mol. The Morgan fingerprint density at radius 2 is 1.33 bits per heavy atom. The fourth-order valence-corrected chi connectivity index (χ4v) is 3.59. The number of aliphatic carboxylic acids is 1. The van der Waals surface area contributed by atoms with E-state index in [0.717, 1.165) is 0 Å². The molecular formula is C23H43N3O7. The maximum atomic E-state index is 13.0. The molecule has 0 aromatic heterocycles. The van der Waals surface area contributed by atoms with Crippen molar-refractivity contribution in [2.45, 2.75) is 72.9 Å². The number of amides is 1. The number of carboxylic acid groups (broad SMARTS) is 1. The highest BCUT2D eigenvalue weighted by Crippen LogP contribution is 2.37. The molecule has 0 unspecified atom stereocenters. The van der Waals surface area contributed by atoms with E-state index in [1.54, 1.807) is 55.4 Å². The Bertz CT molecular complexity index is 700. The van der Waals surface area contributed by atoms with Crippen molar-refractivity contribution in [3.8, 4) is 0 Å². The van der Waals surface area contributed by atoms with Crippen molar-refractivity contribution in [1.82, 2.24) is 10.6 Å². The maximum Gasteiger partial charge on any atom is 0.309 e. The third-order valence-corrected chi connectivity index (χ3v) is 5.47. The monoisotopic (exact) mass is 473 g/mol. The molecule has 0 radical (unpaired) electrons. The molecule has 33 heavy (non-hydrogen) atoms. The molecule has 0 atom stereocenters. The van der Waals surface area contributed by atoms with Gasteiger partial charge in [-0.2, -0.15) is 0 Å². The summed E-state index contributed by atoms with van der Waals surface area (Å²) < 4.78 is 10.8. The number of primary amides is 1. The number of carbonyl (C=O) groups excluding carboxylic acids is 3. The molecule has 0 rings (SSSR count). The van der Waals surface area contributed by atoms with E-state index >= 15 is 0 Å². The van der Waals surface area contributed by atoms with Gasteiger partial charge in [0.2, 0.25) is 5.91 Å². The summed E-state index contributed by atoms with van der Waals surface area (Å²) >= 11 is 0. The molecule has 10 heteroatoms. The molecule has 0 fully saturated rings. The van der Waals surface area contributed by atoms with Crippen molar-refractivity contribution in [1.29, 1.82) is 0 Å². The number of carboxylic acids is 1. The van der Waals surface area contributed by atoms with E-state index in [1.807, 2.05) is 0 Å². The minimum absolute atomic E-state index is 0.0706. The van der Waals surface area contributed by atoms with E-state index < -0.39 is 33.8 Å². The second kappa shape index (κ2) is 12.5. The highest BCUT2D eigenvalue weighted by molar-refractivity contribution is 5.93. The molecule has 0 bridgehead atoms. The fraction of sp³-hybridized carbons (Fsp3) is 0.826. The second-order valence-corrected chi connectivity index (χ2v) is 10.7. The Morgan fingerprint density at radius 3 is 1.85 bits per heavy atom. The molecule has 0 aromatic rings. The van der Waals surface area contributed by atoms with Crippen molar-refractivity contribution in [2.75, 3.05) is 39.5 Å². The molecule has 192 valence electrons. The lowest BCUT2D eigenvalue weighted by Crippen LogP contribution is -2.54. The summed E-state index contributed by atoms with van der Waals surface area (Å²) in [5, 5.41) is 15.3. The van der Waals surface area contributed by atoms with Crippen LogP contribution in [-0.4, -0.2) is 79.1 Å². The van der Waals surface area contributed by atoms with Crippen LogP contribution >= 0.6 is 0 Å². The van der Waals surface area contributed by atoms with Crippen LogP contribution in [0.2, 0.25) is 0 Å². The predicted molar refractivity (Wildman–Crippen MR) is 125 cm³/mol. The van der Waals surface area contributed by atoms with Crippen molar-refractivity contribution >= 4 is 23.4 Å². The van der Waals surface area contributed by atoms with E-state index in [-0.39, 0.29) is 44.4 Å². The first-order valence-corrected chi connectivity index (χ1v) is 11.1. The minimum Gasteiger partial charge on any atom is -0.481 e. The van der Waals surface area contributed by atoms with Crippen molar-refractivity contribution in [2.24, 2.45) is 16.6 Å². The smallest absolute Gasteiger partial charge is 0.309 e. The van der Waals surface area contributed by atoms with Gasteiger partial charge in [-0.25, -0.2) is 0 Å². The first kappa shape index (κ1) is 31.1. The Kier molecular flexibility index (Phi) is 11.8. The number of nitrogens with two attached hydrogens (primary N) is 1. The SMILES string of the molecule is CC(C)(CC(C)(C)C(=O)C(C)(C)NCCOCCOCC(=O)C(C)(C)NCC(N)=O)C(=O)O. The van der Waals surface area contributed by atoms with Crippen molar-refractivity contribution in [3.63, 3.8) is 0 Å². The minimum atomic E-state index is -1.01. The summed E-state index contributed by atoms with van der Waals surface area (Å²) in [7, 11) is 0. The van der Waals surface area contributed by atoms with Gasteiger partial charge < -0.3 is 25.6 Å². The predicted octanol–water partition coefficient (Wildman–Crippen LogP) is 0.907. The van der Waals surface area contributed by atoms with Gasteiger partial charge in [0.1, 0.15) is 6.61 Å². The Labute approximate surface area is 197 Å². The molecule has 1 amide bonds. The van der Waals surface area contributed by atoms with Crippen LogP contribution in [0.3, 0.4) is 0 Å². The Hall–Kier alpha value is -1.88. The van der Waals surface area contributed by atoms with Gasteiger partial charge in [0.25, 0.3) is 0 Å².